The molecule has 0 aliphatic carbocycles. The number of hydrogen-bond donors (Lipinski definition) is 1. The first-order chi connectivity index (χ1) is 8.75. The summed E-state index contributed by atoms with van der Waals surface area (Å²) in [6.07, 6.45) is 0. The Balaban J connectivity index is 2.05. The second-order valence-electron chi connectivity index (χ2n) is 3.61. The van der Waals surface area contributed by atoms with E-state index in [1.165, 1.54) is 4.88 Å². The van der Waals surface area contributed by atoms with Crippen LogP contribution < -0.4 is 0 Å². The number of nitrogens with one attached hydrogen (secondary N) is 1. The Kier molecular flexibility index (Phi) is 3.47. The first kappa shape index (κ1) is 12.3. The quantitative estimate of drug-likeness (QED) is 0.698. The molecule has 3 nitrogen and oxygen atoms in total. The number of aromatic nitrogens is 3. The van der Waals surface area contributed by atoms with Crippen LogP contribution in [-0.2, 0) is 6.54 Å². The number of H-pyrrole nitrogens is 1. The van der Waals surface area contributed by atoms with Gasteiger partial charge < -0.3 is 0 Å². The Hall–Kier alpha value is -0.760. The summed E-state index contributed by atoms with van der Waals surface area (Å²) in [6.45, 7) is 0.737. The van der Waals surface area contributed by atoms with E-state index in [0.717, 1.165) is 21.7 Å². The van der Waals surface area contributed by atoms with Crippen LogP contribution in [-0.4, -0.2) is 14.8 Å². The lowest BCUT2D eigenvalue weighted by atomic mass is 10.4. The zero-order chi connectivity index (χ0) is 12.5. The van der Waals surface area contributed by atoms with Gasteiger partial charge in [0.25, 0.3) is 0 Å². The second kappa shape index (κ2) is 5.08. The summed E-state index contributed by atoms with van der Waals surface area (Å²) in [4.78, 5) is 2.36. The molecule has 0 saturated heterocycles. The first-order valence-electron chi connectivity index (χ1n) is 5.16. The highest BCUT2D eigenvalue weighted by molar-refractivity contribution is 9.10. The molecule has 0 atom stereocenters. The number of halogens is 1. The molecule has 3 rings (SSSR count). The lowest BCUT2D eigenvalue weighted by molar-refractivity contribution is 0.801. The molecule has 0 aliphatic heterocycles. The number of nitrogens with zero attached hydrogens (tertiary/aromatic N) is 2. The highest BCUT2D eigenvalue weighted by Gasteiger charge is 2.11. The van der Waals surface area contributed by atoms with Gasteiger partial charge >= 0.3 is 0 Å². The molecule has 0 fully saturated rings. The average Bonchev–Trinajstić information content (AvgIpc) is 3.04. The van der Waals surface area contributed by atoms with Gasteiger partial charge in [0.15, 0.2) is 10.6 Å². The maximum Gasteiger partial charge on any atom is 0.195 e. The molecular formula is C11H8BrN3S3. The SMILES string of the molecule is S=c1[nH]nc(-c2cccs2)n1Cc1sccc1Br. The maximum absolute atomic E-state index is 5.30. The molecule has 3 aromatic heterocycles. The zero-order valence-electron chi connectivity index (χ0n) is 9.09. The van der Waals surface area contributed by atoms with Gasteiger partial charge in [-0.2, -0.15) is 5.10 Å². The van der Waals surface area contributed by atoms with Crippen molar-refractivity contribution in [3.63, 3.8) is 0 Å². The van der Waals surface area contributed by atoms with E-state index in [1.807, 2.05) is 16.0 Å². The molecule has 0 aliphatic rings. The predicted molar refractivity (Wildman–Crippen MR) is 81.8 cm³/mol. The van der Waals surface area contributed by atoms with Gasteiger partial charge in [0.1, 0.15) is 0 Å². The third-order valence-electron chi connectivity index (χ3n) is 2.49. The highest BCUT2D eigenvalue weighted by atomic mass is 79.9. The predicted octanol–water partition coefficient (Wildman–Crippen LogP) is 4.54. The van der Waals surface area contributed by atoms with Crippen LogP contribution in [0.1, 0.15) is 4.88 Å². The Morgan fingerprint density at radius 1 is 1.33 bits per heavy atom. The van der Waals surface area contributed by atoms with Gasteiger partial charge in [-0.05, 0) is 51.0 Å². The Bertz CT molecular complexity index is 708. The number of thiophene rings is 2. The molecule has 7 heteroatoms. The van der Waals surface area contributed by atoms with E-state index in [9.17, 15) is 0 Å². The third-order valence-corrected chi connectivity index (χ3v) is 5.58. The van der Waals surface area contributed by atoms with E-state index in [-0.39, 0.29) is 0 Å². The van der Waals surface area contributed by atoms with Crippen LogP contribution in [0, 0.1) is 4.77 Å². The number of hydrogen-bond acceptors (Lipinski definition) is 4. The summed E-state index contributed by atoms with van der Waals surface area (Å²) in [6, 6.07) is 6.12. The zero-order valence-corrected chi connectivity index (χ0v) is 13.1. The summed E-state index contributed by atoms with van der Waals surface area (Å²) < 4.78 is 3.80. The van der Waals surface area contributed by atoms with Crippen LogP contribution in [0.25, 0.3) is 10.7 Å². The summed E-state index contributed by atoms with van der Waals surface area (Å²) in [5.74, 6) is 0.898. The fourth-order valence-electron chi connectivity index (χ4n) is 1.64. The molecule has 3 heterocycles. The van der Waals surface area contributed by atoms with E-state index in [2.05, 4.69) is 43.6 Å². The van der Waals surface area contributed by atoms with Crippen molar-refractivity contribution in [1.82, 2.24) is 14.8 Å². The minimum atomic E-state index is 0.652. The number of aromatic amines is 1. The van der Waals surface area contributed by atoms with Crippen LogP contribution in [0.15, 0.2) is 33.4 Å². The Morgan fingerprint density at radius 3 is 2.89 bits per heavy atom. The van der Waals surface area contributed by atoms with Gasteiger partial charge in [-0.1, -0.05) is 6.07 Å². The molecule has 3 aromatic rings. The standard InChI is InChI=1S/C11H8BrN3S3/c12-7-3-5-18-9(7)6-15-10(13-14-11(15)16)8-2-1-4-17-8/h1-5H,6H2,(H,14,16). The van der Waals surface area contributed by atoms with Crippen molar-refractivity contribution < 1.29 is 0 Å². The van der Waals surface area contributed by atoms with Gasteiger partial charge in [0.05, 0.1) is 11.4 Å². The monoisotopic (exact) mass is 357 g/mol. The van der Waals surface area contributed by atoms with Crippen molar-refractivity contribution in [2.24, 2.45) is 0 Å². The lowest BCUT2D eigenvalue weighted by Crippen LogP contribution is -2.00. The van der Waals surface area contributed by atoms with Gasteiger partial charge in [-0.15, -0.1) is 22.7 Å². The largest absolute Gasteiger partial charge is 0.294 e. The molecule has 0 amide bonds. The smallest absolute Gasteiger partial charge is 0.195 e. The minimum absolute atomic E-state index is 0.652. The molecule has 0 spiro atoms. The fourth-order valence-corrected chi connectivity index (χ4v) is 4.02. The van der Waals surface area contributed by atoms with Crippen molar-refractivity contribution in [2.45, 2.75) is 6.54 Å². The lowest BCUT2D eigenvalue weighted by Gasteiger charge is -2.04. The van der Waals surface area contributed by atoms with Crippen molar-refractivity contribution in [3.8, 4) is 10.7 Å². The molecule has 0 saturated carbocycles. The summed E-state index contributed by atoms with van der Waals surface area (Å²) >= 11 is 12.2. The summed E-state index contributed by atoms with van der Waals surface area (Å²) in [5, 5.41) is 11.3. The van der Waals surface area contributed by atoms with Gasteiger partial charge in [-0.25, -0.2) is 0 Å². The molecule has 0 bridgehead atoms. The van der Waals surface area contributed by atoms with Gasteiger partial charge in [0, 0.05) is 9.35 Å². The molecule has 92 valence electrons. The molecule has 0 aromatic carbocycles. The minimum Gasteiger partial charge on any atom is -0.294 e. The second-order valence-corrected chi connectivity index (χ2v) is 6.80. The van der Waals surface area contributed by atoms with Gasteiger partial charge in [-0.3, -0.25) is 9.67 Å². The van der Waals surface area contributed by atoms with Crippen molar-refractivity contribution >= 4 is 50.8 Å². The van der Waals surface area contributed by atoms with E-state index in [1.54, 1.807) is 22.7 Å². The topological polar surface area (TPSA) is 33.6 Å². The van der Waals surface area contributed by atoms with E-state index >= 15 is 0 Å². The van der Waals surface area contributed by atoms with Crippen LogP contribution in [0.2, 0.25) is 0 Å². The van der Waals surface area contributed by atoms with E-state index in [4.69, 9.17) is 12.2 Å². The summed E-state index contributed by atoms with van der Waals surface area (Å²) in [7, 11) is 0. The fraction of sp³-hybridized carbons (Fsp3) is 0.0909. The average molecular weight is 358 g/mol. The van der Waals surface area contributed by atoms with Crippen LogP contribution in [0.5, 0.6) is 0 Å². The molecule has 0 radical (unpaired) electrons. The number of rotatable bonds is 3. The third kappa shape index (κ3) is 2.23. The molecule has 0 unspecified atom stereocenters. The Labute approximate surface area is 125 Å². The highest BCUT2D eigenvalue weighted by Crippen LogP contribution is 2.27. The van der Waals surface area contributed by atoms with E-state index in [0.29, 0.717) is 4.77 Å². The molecule has 18 heavy (non-hydrogen) atoms. The maximum atomic E-state index is 5.30. The van der Waals surface area contributed by atoms with Crippen LogP contribution >= 0.6 is 50.8 Å². The molecule has 1 N–H and O–H groups in total. The van der Waals surface area contributed by atoms with Crippen LogP contribution in [0.4, 0.5) is 0 Å². The van der Waals surface area contributed by atoms with Crippen LogP contribution in [0.3, 0.4) is 0 Å². The summed E-state index contributed by atoms with van der Waals surface area (Å²) in [5.41, 5.74) is 0. The van der Waals surface area contributed by atoms with E-state index < -0.39 is 0 Å². The normalized spacial score (nSPS) is 10.9. The van der Waals surface area contributed by atoms with Crippen molar-refractivity contribution in [2.75, 3.05) is 0 Å². The van der Waals surface area contributed by atoms with Crippen molar-refractivity contribution in [3.05, 3.63) is 43.1 Å². The van der Waals surface area contributed by atoms with Gasteiger partial charge in [0.2, 0.25) is 0 Å². The Morgan fingerprint density at radius 2 is 2.22 bits per heavy atom. The first-order valence-corrected chi connectivity index (χ1v) is 8.12. The van der Waals surface area contributed by atoms with Crippen molar-refractivity contribution in [1.29, 1.82) is 0 Å². The molecular weight excluding hydrogens is 350 g/mol.